The Morgan fingerprint density at radius 2 is 1.82 bits per heavy atom. The second-order valence-corrected chi connectivity index (χ2v) is 5.36. The molecule has 0 unspecified atom stereocenters. The molecule has 0 atom stereocenters. The lowest BCUT2D eigenvalue weighted by Crippen LogP contribution is -2.11. The average molecular weight is 230 g/mol. The van der Waals surface area contributed by atoms with Crippen LogP contribution in [0.3, 0.4) is 0 Å². The van der Waals surface area contributed by atoms with E-state index in [9.17, 15) is 4.79 Å². The van der Waals surface area contributed by atoms with E-state index < -0.39 is 0 Å². The molecule has 0 fully saturated rings. The van der Waals surface area contributed by atoms with E-state index >= 15 is 0 Å². The van der Waals surface area contributed by atoms with Crippen LogP contribution in [0.25, 0.3) is 0 Å². The van der Waals surface area contributed by atoms with Gasteiger partial charge in [0.1, 0.15) is 0 Å². The summed E-state index contributed by atoms with van der Waals surface area (Å²) in [5.41, 5.74) is 2.05. The minimum absolute atomic E-state index is 0.0111. The van der Waals surface area contributed by atoms with Crippen molar-refractivity contribution in [2.24, 2.45) is 0 Å². The van der Waals surface area contributed by atoms with Crippen molar-refractivity contribution in [2.45, 2.75) is 32.6 Å². The number of Topliss-reactive ketones (excluding diaryl/α,β-unsaturated/α-hetero) is 1. The number of allylic oxidation sites excluding steroid dienone is 1. The molecule has 1 aromatic carbocycles. The fourth-order valence-electron chi connectivity index (χ4n) is 1.84. The molecule has 90 valence electrons. The SMILES string of the molecule is CC(C)(C)c1ccc(C(=O)C2=CCCO2)cc1. The van der Waals surface area contributed by atoms with Crippen LogP contribution < -0.4 is 0 Å². The van der Waals surface area contributed by atoms with Gasteiger partial charge in [0.05, 0.1) is 6.61 Å². The van der Waals surface area contributed by atoms with Gasteiger partial charge in [-0.15, -0.1) is 0 Å². The maximum absolute atomic E-state index is 12.0. The van der Waals surface area contributed by atoms with E-state index in [1.165, 1.54) is 5.56 Å². The molecular formula is C15H18O2. The predicted molar refractivity (Wildman–Crippen MR) is 68.1 cm³/mol. The Labute approximate surface area is 102 Å². The summed E-state index contributed by atoms with van der Waals surface area (Å²) >= 11 is 0. The van der Waals surface area contributed by atoms with Gasteiger partial charge in [-0.1, -0.05) is 45.0 Å². The summed E-state index contributed by atoms with van der Waals surface area (Å²) in [6, 6.07) is 7.79. The standard InChI is InChI=1S/C15H18O2/c1-15(2,3)12-8-6-11(7-9-12)14(16)13-5-4-10-17-13/h5-9H,4,10H2,1-3H3. The van der Waals surface area contributed by atoms with E-state index in [-0.39, 0.29) is 11.2 Å². The first-order chi connectivity index (χ1) is 7.98. The Morgan fingerprint density at radius 1 is 1.18 bits per heavy atom. The molecule has 2 rings (SSSR count). The first-order valence-corrected chi connectivity index (χ1v) is 5.97. The fraction of sp³-hybridized carbons (Fsp3) is 0.400. The smallest absolute Gasteiger partial charge is 0.227 e. The van der Waals surface area contributed by atoms with Crippen LogP contribution in [0.1, 0.15) is 43.1 Å². The molecule has 0 N–H and O–H groups in total. The highest BCUT2D eigenvalue weighted by Gasteiger charge is 2.18. The Morgan fingerprint density at radius 3 is 2.29 bits per heavy atom. The van der Waals surface area contributed by atoms with E-state index in [1.54, 1.807) is 0 Å². The topological polar surface area (TPSA) is 26.3 Å². The number of benzene rings is 1. The summed E-state index contributed by atoms with van der Waals surface area (Å²) in [7, 11) is 0. The highest BCUT2D eigenvalue weighted by atomic mass is 16.5. The molecule has 2 heteroatoms. The highest BCUT2D eigenvalue weighted by Crippen LogP contribution is 2.23. The molecule has 1 heterocycles. The predicted octanol–water partition coefficient (Wildman–Crippen LogP) is 3.47. The van der Waals surface area contributed by atoms with Crippen LogP contribution in [0.5, 0.6) is 0 Å². The first-order valence-electron chi connectivity index (χ1n) is 5.97. The summed E-state index contributed by atoms with van der Waals surface area (Å²) in [4.78, 5) is 12.0. The second kappa shape index (κ2) is 4.36. The van der Waals surface area contributed by atoms with Crippen molar-refractivity contribution in [2.75, 3.05) is 6.61 Å². The zero-order chi connectivity index (χ0) is 12.5. The third-order valence-electron chi connectivity index (χ3n) is 2.94. The normalized spacial score (nSPS) is 15.4. The van der Waals surface area contributed by atoms with Gasteiger partial charge < -0.3 is 4.74 Å². The number of rotatable bonds is 2. The van der Waals surface area contributed by atoms with Gasteiger partial charge in [-0.25, -0.2) is 0 Å². The van der Waals surface area contributed by atoms with Crippen LogP contribution in [0, 0.1) is 0 Å². The van der Waals surface area contributed by atoms with Gasteiger partial charge >= 0.3 is 0 Å². The maximum atomic E-state index is 12.0. The van der Waals surface area contributed by atoms with Crippen molar-refractivity contribution >= 4 is 5.78 Å². The zero-order valence-corrected chi connectivity index (χ0v) is 10.6. The minimum Gasteiger partial charge on any atom is -0.489 e. The zero-order valence-electron chi connectivity index (χ0n) is 10.6. The molecule has 0 spiro atoms. The summed E-state index contributed by atoms with van der Waals surface area (Å²) in [6.07, 6.45) is 2.70. The molecule has 0 aliphatic carbocycles. The summed E-state index contributed by atoms with van der Waals surface area (Å²) in [5, 5.41) is 0. The quantitative estimate of drug-likeness (QED) is 0.727. The fourth-order valence-corrected chi connectivity index (χ4v) is 1.84. The van der Waals surface area contributed by atoms with Crippen LogP contribution >= 0.6 is 0 Å². The van der Waals surface area contributed by atoms with Crippen molar-refractivity contribution in [3.63, 3.8) is 0 Å². The van der Waals surface area contributed by atoms with E-state index in [0.717, 1.165) is 6.42 Å². The number of hydrogen-bond acceptors (Lipinski definition) is 2. The molecule has 0 amide bonds. The van der Waals surface area contributed by atoms with Crippen molar-refractivity contribution in [1.82, 2.24) is 0 Å². The van der Waals surface area contributed by atoms with Gasteiger partial charge in [-0.05, 0) is 17.1 Å². The lowest BCUT2D eigenvalue weighted by molar-refractivity contribution is 0.0942. The molecule has 1 aliphatic rings. The summed E-state index contributed by atoms with van der Waals surface area (Å²) in [5.74, 6) is 0.483. The Bertz CT molecular complexity index is 447. The van der Waals surface area contributed by atoms with Crippen molar-refractivity contribution in [3.05, 3.63) is 47.2 Å². The largest absolute Gasteiger partial charge is 0.489 e. The molecular weight excluding hydrogens is 212 g/mol. The van der Waals surface area contributed by atoms with Gasteiger partial charge in [0.15, 0.2) is 5.76 Å². The maximum Gasteiger partial charge on any atom is 0.227 e. The van der Waals surface area contributed by atoms with E-state index in [2.05, 4.69) is 20.8 Å². The van der Waals surface area contributed by atoms with Gasteiger partial charge in [-0.3, -0.25) is 4.79 Å². The minimum atomic E-state index is -0.0111. The molecule has 2 nitrogen and oxygen atoms in total. The van der Waals surface area contributed by atoms with Crippen LogP contribution in [-0.4, -0.2) is 12.4 Å². The molecule has 1 aliphatic heterocycles. The molecule has 17 heavy (non-hydrogen) atoms. The first kappa shape index (κ1) is 11.9. The van der Waals surface area contributed by atoms with E-state index in [0.29, 0.717) is 17.9 Å². The van der Waals surface area contributed by atoms with E-state index in [4.69, 9.17) is 4.74 Å². The summed E-state index contributed by atoms with van der Waals surface area (Å²) < 4.78 is 5.28. The van der Waals surface area contributed by atoms with Crippen molar-refractivity contribution < 1.29 is 9.53 Å². The van der Waals surface area contributed by atoms with E-state index in [1.807, 2.05) is 30.3 Å². The monoisotopic (exact) mass is 230 g/mol. The van der Waals surface area contributed by atoms with Gasteiger partial charge in [0.25, 0.3) is 0 Å². The lowest BCUT2D eigenvalue weighted by atomic mass is 9.86. The highest BCUT2D eigenvalue weighted by molar-refractivity contribution is 6.07. The number of ether oxygens (including phenoxy) is 1. The summed E-state index contributed by atoms with van der Waals surface area (Å²) in [6.45, 7) is 7.10. The van der Waals surface area contributed by atoms with Crippen molar-refractivity contribution in [3.8, 4) is 0 Å². The lowest BCUT2D eigenvalue weighted by Gasteiger charge is -2.19. The Balaban J connectivity index is 2.21. The Hall–Kier alpha value is -1.57. The molecule has 0 saturated heterocycles. The van der Waals surface area contributed by atoms with Gasteiger partial charge in [0, 0.05) is 12.0 Å². The second-order valence-electron chi connectivity index (χ2n) is 5.36. The van der Waals surface area contributed by atoms with Crippen LogP contribution in [-0.2, 0) is 10.2 Å². The van der Waals surface area contributed by atoms with Crippen LogP contribution in [0.2, 0.25) is 0 Å². The number of hydrogen-bond donors (Lipinski definition) is 0. The molecule has 0 bridgehead atoms. The molecule has 0 radical (unpaired) electrons. The number of carbonyl (C=O) groups excluding carboxylic acids is 1. The van der Waals surface area contributed by atoms with Gasteiger partial charge in [0.2, 0.25) is 5.78 Å². The Kier molecular flexibility index (Phi) is 3.05. The molecule has 0 saturated carbocycles. The number of carbonyl (C=O) groups is 1. The van der Waals surface area contributed by atoms with Crippen LogP contribution in [0.4, 0.5) is 0 Å². The van der Waals surface area contributed by atoms with Crippen molar-refractivity contribution in [1.29, 1.82) is 0 Å². The van der Waals surface area contributed by atoms with Gasteiger partial charge in [-0.2, -0.15) is 0 Å². The number of ketones is 1. The van der Waals surface area contributed by atoms with Crippen LogP contribution in [0.15, 0.2) is 36.1 Å². The third-order valence-corrected chi connectivity index (χ3v) is 2.94. The average Bonchev–Trinajstić information content (AvgIpc) is 2.80. The molecule has 0 aromatic heterocycles. The molecule has 1 aromatic rings. The third kappa shape index (κ3) is 2.57.